The average molecular weight is 418 g/mol. The van der Waals surface area contributed by atoms with Gasteiger partial charge in [-0.1, -0.05) is 12.1 Å². The number of carbonyl (C=O) groups excluding carboxylic acids is 4. The molecule has 3 aromatic rings. The Morgan fingerprint density at radius 2 is 1.42 bits per heavy atom. The van der Waals surface area contributed by atoms with Gasteiger partial charge in [0.2, 0.25) is 0 Å². The number of nitrogens with zero attached hydrogens (tertiary/aromatic N) is 1. The van der Waals surface area contributed by atoms with Gasteiger partial charge >= 0.3 is 5.97 Å². The predicted molar refractivity (Wildman–Crippen MR) is 109 cm³/mol. The van der Waals surface area contributed by atoms with Gasteiger partial charge in [-0.25, -0.2) is 14.1 Å². The van der Waals surface area contributed by atoms with E-state index in [9.17, 15) is 23.6 Å². The van der Waals surface area contributed by atoms with Crippen molar-refractivity contribution in [1.82, 2.24) is 0 Å². The van der Waals surface area contributed by atoms with Crippen LogP contribution in [0.3, 0.4) is 0 Å². The second kappa shape index (κ2) is 8.19. The fraction of sp³-hybridized carbons (Fsp3) is 0.0435. The summed E-state index contributed by atoms with van der Waals surface area (Å²) in [4.78, 5) is 50.1. The van der Waals surface area contributed by atoms with Crippen molar-refractivity contribution in [2.24, 2.45) is 0 Å². The molecule has 7 nitrogen and oxygen atoms in total. The van der Waals surface area contributed by atoms with Gasteiger partial charge in [-0.2, -0.15) is 0 Å². The molecule has 1 N–H and O–H groups in total. The second-order valence-electron chi connectivity index (χ2n) is 6.67. The summed E-state index contributed by atoms with van der Waals surface area (Å²) < 4.78 is 17.9. The number of fused-ring (bicyclic) bond motifs is 1. The fourth-order valence-corrected chi connectivity index (χ4v) is 3.12. The van der Waals surface area contributed by atoms with Crippen LogP contribution >= 0.6 is 0 Å². The van der Waals surface area contributed by atoms with Gasteiger partial charge < -0.3 is 10.1 Å². The standard InChI is InChI=1S/C23H15FN2O5/c24-15-7-9-16(10-8-15)25-20(27)13-31-23(30)14-5-11-17(12-6-14)26-21(28)18-3-1-2-4-19(18)22(26)29/h1-12H,13H2,(H,25,27). The minimum absolute atomic E-state index is 0.148. The third-order valence-electron chi connectivity index (χ3n) is 4.62. The van der Waals surface area contributed by atoms with Crippen molar-refractivity contribution in [3.8, 4) is 0 Å². The molecule has 0 unspecified atom stereocenters. The monoisotopic (exact) mass is 418 g/mol. The van der Waals surface area contributed by atoms with Crippen molar-refractivity contribution in [3.05, 3.63) is 95.3 Å². The number of hydrogen-bond acceptors (Lipinski definition) is 5. The number of nitrogens with one attached hydrogen (secondary N) is 1. The van der Waals surface area contributed by atoms with Crippen molar-refractivity contribution < 1.29 is 28.3 Å². The van der Waals surface area contributed by atoms with Crippen LogP contribution in [0.15, 0.2) is 72.8 Å². The lowest BCUT2D eigenvalue weighted by Gasteiger charge is -2.14. The molecule has 0 atom stereocenters. The average Bonchev–Trinajstić information content (AvgIpc) is 3.04. The van der Waals surface area contributed by atoms with Gasteiger partial charge in [0, 0.05) is 5.69 Å². The molecule has 0 aliphatic carbocycles. The number of halogens is 1. The van der Waals surface area contributed by atoms with Crippen molar-refractivity contribution in [2.75, 3.05) is 16.8 Å². The molecule has 154 valence electrons. The summed E-state index contributed by atoms with van der Waals surface area (Å²) in [5.74, 6) is -2.64. The molecule has 0 saturated heterocycles. The minimum atomic E-state index is -0.747. The molecule has 8 heteroatoms. The number of carbonyl (C=O) groups is 4. The Hall–Kier alpha value is -4.33. The van der Waals surface area contributed by atoms with Crippen LogP contribution < -0.4 is 10.2 Å². The molecule has 0 saturated carbocycles. The highest BCUT2D eigenvalue weighted by Crippen LogP contribution is 2.28. The molecule has 0 bridgehead atoms. The molecular formula is C23H15FN2O5. The van der Waals surface area contributed by atoms with Gasteiger partial charge in [0.25, 0.3) is 17.7 Å². The topological polar surface area (TPSA) is 92.8 Å². The molecule has 4 rings (SSSR count). The summed E-state index contributed by atoms with van der Waals surface area (Å²) in [6.07, 6.45) is 0. The van der Waals surface area contributed by atoms with Gasteiger partial charge in [0.05, 0.1) is 22.4 Å². The highest BCUT2D eigenvalue weighted by Gasteiger charge is 2.36. The van der Waals surface area contributed by atoms with E-state index in [-0.39, 0.29) is 5.56 Å². The third kappa shape index (κ3) is 4.04. The molecule has 31 heavy (non-hydrogen) atoms. The number of amides is 3. The molecule has 0 radical (unpaired) electrons. The SMILES string of the molecule is O=C(COC(=O)c1ccc(N2C(=O)c3ccccc3C2=O)cc1)Nc1ccc(F)cc1. The Morgan fingerprint density at radius 3 is 2.00 bits per heavy atom. The van der Waals surface area contributed by atoms with Crippen LogP contribution in [0, 0.1) is 5.82 Å². The largest absolute Gasteiger partial charge is 0.452 e. The number of benzene rings is 3. The zero-order chi connectivity index (χ0) is 22.0. The van der Waals surface area contributed by atoms with Crippen LogP contribution in [-0.2, 0) is 9.53 Å². The summed E-state index contributed by atoms with van der Waals surface area (Å²) >= 11 is 0. The summed E-state index contributed by atoms with van der Waals surface area (Å²) in [6, 6.07) is 17.4. The van der Waals surface area contributed by atoms with Gasteiger partial charge in [-0.05, 0) is 60.7 Å². The number of anilines is 2. The Kier molecular flexibility index (Phi) is 5.28. The molecule has 3 amide bonds. The van der Waals surface area contributed by atoms with Gasteiger partial charge in [0.1, 0.15) is 5.82 Å². The normalized spacial score (nSPS) is 12.5. The second-order valence-corrected chi connectivity index (χ2v) is 6.67. The summed E-state index contributed by atoms with van der Waals surface area (Å²) in [5.41, 5.74) is 1.48. The molecule has 3 aromatic carbocycles. The van der Waals surface area contributed by atoms with E-state index in [1.54, 1.807) is 24.3 Å². The quantitative estimate of drug-likeness (QED) is 0.506. The number of imide groups is 1. The maximum atomic E-state index is 12.9. The van der Waals surface area contributed by atoms with E-state index in [2.05, 4.69) is 5.32 Å². The number of hydrogen-bond donors (Lipinski definition) is 1. The zero-order valence-electron chi connectivity index (χ0n) is 16.0. The number of esters is 1. The lowest BCUT2D eigenvalue weighted by molar-refractivity contribution is -0.119. The molecule has 0 fully saturated rings. The van der Waals surface area contributed by atoms with Gasteiger partial charge in [-0.15, -0.1) is 0 Å². The van der Waals surface area contributed by atoms with Crippen LogP contribution in [0.4, 0.5) is 15.8 Å². The van der Waals surface area contributed by atoms with Crippen LogP contribution in [0.2, 0.25) is 0 Å². The van der Waals surface area contributed by atoms with Gasteiger partial charge in [0.15, 0.2) is 6.61 Å². The summed E-state index contributed by atoms with van der Waals surface area (Å²) in [5, 5.41) is 2.48. The Morgan fingerprint density at radius 1 is 0.839 bits per heavy atom. The molecule has 0 aromatic heterocycles. The molecule has 1 aliphatic rings. The van der Waals surface area contributed by atoms with Crippen LogP contribution in [0.1, 0.15) is 31.1 Å². The van der Waals surface area contributed by atoms with Crippen LogP contribution in [0.25, 0.3) is 0 Å². The minimum Gasteiger partial charge on any atom is -0.452 e. The van der Waals surface area contributed by atoms with E-state index in [1.165, 1.54) is 48.5 Å². The predicted octanol–water partition coefficient (Wildman–Crippen LogP) is 3.42. The highest BCUT2D eigenvalue weighted by molar-refractivity contribution is 6.34. The third-order valence-corrected chi connectivity index (χ3v) is 4.62. The maximum Gasteiger partial charge on any atom is 0.338 e. The Labute approximate surface area is 176 Å². The van der Waals surface area contributed by atoms with E-state index in [0.29, 0.717) is 22.5 Å². The Bertz CT molecular complexity index is 1150. The lowest BCUT2D eigenvalue weighted by Crippen LogP contribution is -2.29. The zero-order valence-corrected chi connectivity index (χ0v) is 16.0. The number of ether oxygens (including phenoxy) is 1. The first-order valence-corrected chi connectivity index (χ1v) is 9.24. The first-order chi connectivity index (χ1) is 14.9. The first-order valence-electron chi connectivity index (χ1n) is 9.24. The Balaban J connectivity index is 1.37. The molecule has 0 spiro atoms. The van der Waals surface area contributed by atoms with E-state index in [1.807, 2.05) is 0 Å². The summed E-state index contributed by atoms with van der Waals surface area (Å²) in [6.45, 7) is -0.531. The van der Waals surface area contributed by atoms with Gasteiger partial charge in [-0.3, -0.25) is 14.4 Å². The van der Waals surface area contributed by atoms with Crippen LogP contribution in [-0.4, -0.2) is 30.3 Å². The van der Waals surface area contributed by atoms with Crippen molar-refractivity contribution in [1.29, 1.82) is 0 Å². The van der Waals surface area contributed by atoms with E-state index < -0.39 is 36.1 Å². The fourth-order valence-electron chi connectivity index (χ4n) is 3.12. The smallest absolute Gasteiger partial charge is 0.338 e. The summed E-state index contributed by atoms with van der Waals surface area (Å²) in [7, 11) is 0. The maximum absolute atomic E-state index is 12.9. The van der Waals surface area contributed by atoms with Crippen molar-refractivity contribution in [2.45, 2.75) is 0 Å². The van der Waals surface area contributed by atoms with Crippen molar-refractivity contribution >= 4 is 35.1 Å². The molecular weight excluding hydrogens is 403 g/mol. The van der Waals surface area contributed by atoms with Crippen molar-refractivity contribution in [3.63, 3.8) is 0 Å². The first kappa shape index (κ1) is 20.0. The number of rotatable bonds is 5. The van der Waals surface area contributed by atoms with E-state index >= 15 is 0 Å². The highest BCUT2D eigenvalue weighted by atomic mass is 19.1. The van der Waals surface area contributed by atoms with E-state index in [4.69, 9.17) is 4.74 Å². The van der Waals surface area contributed by atoms with E-state index in [0.717, 1.165) is 4.90 Å². The van der Waals surface area contributed by atoms with Crippen LogP contribution in [0.5, 0.6) is 0 Å². The molecule has 1 aliphatic heterocycles. The molecule has 1 heterocycles. The lowest BCUT2D eigenvalue weighted by atomic mass is 10.1.